The Morgan fingerprint density at radius 3 is 2.69 bits per heavy atom. The summed E-state index contributed by atoms with van der Waals surface area (Å²) in [4.78, 5) is 6.90. The molecule has 0 unspecified atom stereocenters. The molecule has 26 heavy (non-hydrogen) atoms. The van der Waals surface area contributed by atoms with E-state index in [1.807, 2.05) is 13.1 Å². The smallest absolute Gasteiger partial charge is 0.191 e. The molecule has 0 atom stereocenters. The summed E-state index contributed by atoms with van der Waals surface area (Å²) < 4.78 is 13.2. The van der Waals surface area contributed by atoms with Gasteiger partial charge in [-0.1, -0.05) is 25.5 Å². The molecule has 0 radical (unpaired) electrons. The minimum absolute atomic E-state index is 0. The van der Waals surface area contributed by atoms with E-state index in [-0.39, 0.29) is 29.8 Å². The number of piperidine rings is 1. The van der Waals surface area contributed by atoms with Gasteiger partial charge in [-0.25, -0.2) is 4.39 Å². The summed E-state index contributed by atoms with van der Waals surface area (Å²) in [6.45, 7) is 6.67. The van der Waals surface area contributed by atoms with Crippen LogP contribution in [0, 0.1) is 5.82 Å². The van der Waals surface area contributed by atoms with Crippen LogP contribution < -0.4 is 10.6 Å². The second kappa shape index (κ2) is 13.3. The van der Waals surface area contributed by atoms with Gasteiger partial charge in [0.15, 0.2) is 5.96 Å². The molecule has 1 aromatic carbocycles. The van der Waals surface area contributed by atoms with E-state index >= 15 is 0 Å². The minimum atomic E-state index is -0.159. The molecule has 4 nitrogen and oxygen atoms in total. The summed E-state index contributed by atoms with van der Waals surface area (Å²) in [5.74, 6) is 0.722. The van der Waals surface area contributed by atoms with E-state index in [1.165, 1.54) is 51.4 Å². The van der Waals surface area contributed by atoms with Gasteiger partial charge < -0.3 is 15.5 Å². The van der Waals surface area contributed by atoms with Gasteiger partial charge in [0.1, 0.15) is 5.82 Å². The van der Waals surface area contributed by atoms with Crippen LogP contribution in [0.3, 0.4) is 0 Å². The maximum atomic E-state index is 13.2. The van der Waals surface area contributed by atoms with Crippen LogP contribution in [0.15, 0.2) is 29.3 Å². The Bertz CT molecular complexity index is 530. The first-order valence-corrected chi connectivity index (χ1v) is 9.65. The van der Waals surface area contributed by atoms with Crippen LogP contribution in [0.2, 0.25) is 0 Å². The summed E-state index contributed by atoms with van der Waals surface area (Å²) in [7, 11) is 1.82. The predicted octanol–water partition coefficient (Wildman–Crippen LogP) is 3.81. The number of halogens is 2. The Morgan fingerprint density at radius 1 is 1.27 bits per heavy atom. The monoisotopic (exact) mass is 476 g/mol. The van der Waals surface area contributed by atoms with Gasteiger partial charge in [0, 0.05) is 32.7 Å². The summed E-state index contributed by atoms with van der Waals surface area (Å²) in [6.07, 6.45) is 6.75. The summed E-state index contributed by atoms with van der Waals surface area (Å²) in [5.41, 5.74) is 1.05. The average molecular weight is 476 g/mol. The molecular weight excluding hydrogens is 442 g/mol. The Balaban J connectivity index is 0.00000338. The number of benzene rings is 1. The molecule has 0 saturated carbocycles. The van der Waals surface area contributed by atoms with Gasteiger partial charge >= 0.3 is 0 Å². The van der Waals surface area contributed by atoms with Gasteiger partial charge in [0.25, 0.3) is 0 Å². The number of rotatable bonds is 8. The van der Waals surface area contributed by atoms with E-state index in [9.17, 15) is 4.39 Å². The quantitative estimate of drug-likeness (QED) is 0.260. The van der Waals surface area contributed by atoms with Crippen LogP contribution >= 0.6 is 24.0 Å². The number of likely N-dealkylation sites (tertiary alicyclic amines) is 1. The molecule has 0 amide bonds. The summed E-state index contributed by atoms with van der Waals surface area (Å²) in [5, 5.41) is 6.92. The van der Waals surface area contributed by atoms with Gasteiger partial charge in [-0.15, -0.1) is 24.0 Å². The van der Waals surface area contributed by atoms with Crippen molar-refractivity contribution >= 4 is 29.9 Å². The third kappa shape index (κ3) is 8.66. The zero-order chi connectivity index (χ0) is 17.9. The molecule has 0 spiro atoms. The Morgan fingerprint density at radius 2 is 2.04 bits per heavy atom. The first-order valence-electron chi connectivity index (χ1n) is 9.65. The molecule has 1 aliphatic heterocycles. The maximum absolute atomic E-state index is 13.2. The highest BCUT2D eigenvalue weighted by Crippen LogP contribution is 2.11. The lowest BCUT2D eigenvalue weighted by Crippen LogP contribution is -2.48. The topological polar surface area (TPSA) is 39.7 Å². The van der Waals surface area contributed by atoms with Gasteiger partial charge in [0.05, 0.1) is 0 Å². The molecule has 6 heteroatoms. The molecular formula is C20H34FIN4. The van der Waals surface area contributed by atoms with E-state index < -0.39 is 0 Å². The maximum Gasteiger partial charge on any atom is 0.191 e. The van der Waals surface area contributed by atoms with Crippen LogP contribution in [0.1, 0.15) is 44.6 Å². The standard InChI is InChI=1S/C20H33FN4.HI/c1-3-4-13-25-14-10-19(11-15-25)24-20(22-2)23-12-6-8-17-7-5-9-18(21)16-17;/h5,7,9,16,19H,3-4,6,8,10-15H2,1-2H3,(H2,22,23,24);1H. The second-order valence-electron chi connectivity index (χ2n) is 6.85. The van der Waals surface area contributed by atoms with Crippen molar-refractivity contribution in [2.45, 2.75) is 51.5 Å². The van der Waals surface area contributed by atoms with Crippen LogP contribution in [-0.4, -0.2) is 50.1 Å². The first kappa shape index (κ1) is 23.1. The number of unbranched alkanes of at least 4 members (excludes halogenated alkanes) is 1. The number of nitrogens with zero attached hydrogens (tertiary/aromatic N) is 2. The van der Waals surface area contributed by atoms with E-state index in [1.54, 1.807) is 12.1 Å². The number of aryl methyl sites for hydroxylation is 1. The number of aliphatic imine (C=N–C) groups is 1. The Hall–Kier alpha value is -0.890. The van der Waals surface area contributed by atoms with Gasteiger partial charge in [-0.05, 0) is 56.3 Å². The average Bonchev–Trinajstić information content (AvgIpc) is 2.63. The Labute approximate surface area is 175 Å². The molecule has 0 bridgehead atoms. The fourth-order valence-electron chi connectivity index (χ4n) is 3.26. The molecule has 2 N–H and O–H groups in total. The predicted molar refractivity (Wildman–Crippen MR) is 119 cm³/mol. The van der Waals surface area contributed by atoms with Gasteiger partial charge in [-0.3, -0.25) is 4.99 Å². The van der Waals surface area contributed by atoms with Crippen molar-refractivity contribution in [3.63, 3.8) is 0 Å². The fraction of sp³-hybridized carbons (Fsp3) is 0.650. The highest BCUT2D eigenvalue weighted by atomic mass is 127. The van der Waals surface area contributed by atoms with Crippen LogP contribution in [-0.2, 0) is 6.42 Å². The van der Waals surface area contributed by atoms with E-state index in [0.717, 1.165) is 30.9 Å². The van der Waals surface area contributed by atoms with Gasteiger partial charge in [-0.2, -0.15) is 0 Å². The van der Waals surface area contributed by atoms with Crippen LogP contribution in [0.5, 0.6) is 0 Å². The second-order valence-corrected chi connectivity index (χ2v) is 6.85. The molecule has 2 rings (SSSR count). The van der Waals surface area contributed by atoms with Crippen molar-refractivity contribution in [3.05, 3.63) is 35.6 Å². The van der Waals surface area contributed by atoms with Crippen molar-refractivity contribution in [2.24, 2.45) is 4.99 Å². The highest BCUT2D eigenvalue weighted by Gasteiger charge is 2.19. The lowest BCUT2D eigenvalue weighted by atomic mass is 10.0. The van der Waals surface area contributed by atoms with Crippen LogP contribution in [0.25, 0.3) is 0 Å². The zero-order valence-corrected chi connectivity index (χ0v) is 18.5. The molecule has 0 aromatic heterocycles. The number of hydrogen-bond acceptors (Lipinski definition) is 2. The highest BCUT2D eigenvalue weighted by molar-refractivity contribution is 14.0. The zero-order valence-electron chi connectivity index (χ0n) is 16.1. The molecule has 1 aromatic rings. The number of guanidine groups is 1. The summed E-state index contributed by atoms with van der Waals surface area (Å²) >= 11 is 0. The fourth-order valence-corrected chi connectivity index (χ4v) is 3.26. The van der Waals surface area contributed by atoms with E-state index in [2.05, 4.69) is 27.4 Å². The first-order chi connectivity index (χ1) is 12.2. The molecule has 148 valence electrons. The molecule has 1 heterocycles. The molecule has 1 aliphatic rings. The van der Waals surface area contributed by atoms with Crippen molar-refractivity contribution < 1.29 is 4.39 Å². The third-order valence-corrected chi connectivity index (χ3v) is 4.80. The summed E-state index contributed by atoms with van der Waals surface area (Å²) in [6, 6.07) is 7.35. The van der Waals surface area contributed by atoms with Crippen molar-refractivity contribution in [2.75, 3.05) is 33.2 Å². The lowest BCUT2D eigenvalue weighted by molar-refractivity contribution is 0.203. The molecule has 1 fully saturated rings. The molecule has 1 saturated heterocycles. The minimum Gasteiger partial charge on any atom is -0.356 e. The van der Waals surface area contributed by atoms with Crippen molar-refractivity contribution in [1.29, 1.82) is 0 Å². The lowest BCUT2D eigenvalue weighted by Gasteiger charge is -2.33. The van der Waals surface area contributed by atoms with E-state index in [0.29, 0.717) is 6.04 Å². The number of nitrogens with one attached hydrogen (secondary N) is 2. The van der Waals surface area contributed by atoms with Crippen molar-refractivity contribution in [1.82, 2.24) is 15.5 Å². The largest absolute Gasteiger partial charge is 0.356 e. The Kier molecular flexibility index (Phi) is 11.8. The normalized spacial score (nSPS) is 16.2. The molecule has 0 aliphatic carbocycles. The van der Waals surface area contributed by atoms with Gasteiger partial charge in [0.2, 0.25) is 0 Å². The van der Waals surface area contributed by atoms with E-state index in [4.69, 9.17) is 0 Å². The SMILES string of the molecule is CCCCN1CCC(NC(=NC)NCCCc2cccc(F)c2)CC1.I. The number of hydrogen-bond donors (Lipinski definition) is 2. The van der Waals surface area contributed by atoms with Crippen molar-refractivity contribution in [3.8, 4) is 0 Å². The van der Waals surface area contributed by atoms with Crippen LogP contribution in [0.4, 0.5) is 4.39 Å². The third-order valence-electron chi connectivity index (χ3n) is 4.80.